The van der Waals surface area contributed by atoms with Crippen LogP contribution in [0.3, 0.4) is 0 Å². The molecule has 0 aliphatic rings. The lowest BCUT2D eigenvalue weighted by molar-refractivity contribution is -0.0956. The second-order valence-electron chi connectivity index (χ2n) is 4.62. The van der Waals surface area contributed by atoms with Crippen molar-refractivity contribution in [2.24, 2.45) is 0 Å². The number of aryl methyl sites for hydroxylation is 1. The Morgan fingerprint density at radius 3 is 2.67 bits per heavy atom. The van der Waals surface area contributed by atoms with E-state index in [-0.39, 0.29) is 6.61 Å². The highest BCUT2D eigenvalue weighted by atomic mass is 35.5. The highest BCUT2D eigenvalue weighted by Gasteiger charge is 2.20. The molecular formula is C13H18ClNO3. The van der Waals surface area contributed by atoms with E-state index in [9.17, 15) is 4.79 Å². The van der Waals surface area contributed by atoms with Gasteiger partial charge in [-0.1, -0.05) is 24.6 Å². The summed E-state index contributed by atoms with van der Waals surface area (Å²) in [4.78, 5) is 16.9. The first-order valence-electron chi connectivity index (χ1n) is 5.77. The Labute approximate surface area is 112 Å². The Kier molecular flexibility index (Phi) is 5.14. The van der Waals surface area contributed by atoms with Crippen molar-refractivity contribution < 1.29 is 14.7 Å². The second kappa shape index (κ2) is 6.18. The summed E-state index contributed by atoms with van der Waals surface area (Å²) in [5, 5.41) is 9.38. The average molecular weight is 272 g/mol. The number of benzene rings is 1. The van der Waals surface area contributed by atoms with Crippen molar-refractivity contribution in [3.63, 3.8) is 0 Å². The van der Waals surface area contributed by atoms with Crippen molar-refractivity contribution in [2.75, 3.05) is 6.61 Å². The van der Waals surface area contributed by atoms with Gasteiger partial charge in [0.1, 0.15) is 5.60 Å². The summed E-state index contributed by atoms with van der Waals surface area (Å²) in [7, 11) is 0. The number of carbonyl (C=O) groups excluding carboxylic acids is 1. The summed E-state index contributed by atoms with van der Waals surface area (Å²) >= 11 is 6.02. The lowest BCUT2D eigenvalue weighted by atomic mass is 10.1. The number of hydroxylamine groups is 1. The van der Waals surface area contributed by atoms with Gasteiger partial charge in [0, 0.05) is 0 Å². The number of aliphatic hydroxyl groups excluding tert-OH is 1. The van der Waals surface area contributed by atoms with Crippen LogP contribution in [0.2, 0.25) is 5.02 Å². The summed E-state index contributed by atoms with van der Waals surface area (Å²) in [6.45, 7) is 5.14. The van der Waals surface area contributed by atoms with E-state index in [1.807, 2.05) is 13.0 Å². The largest absolute Gasteiger partial charge is 0.393 e. The predicted molar refractivity (Wildman–Crippen MR) is 70.5 cm³/mol. The standard InChI is InChI=1S/C13H18ClNO3/c1-4-9-5-6-10(11(14)7-9)12(17)15-18-13(2,3)8-16/h5-7,16H,4,8H2,1-3H3,(H,15,17). The average Bonchev–Trinajstić information content (AvgIpc) is 2.36. The Morgan fingerprint density at radius 2 is 2.17 bits per heavy atom. The molecule has 5 heteroatoms. The SMILES string of the molecule is CCc1ccc(C(=O)NOC(C)(C)CO)c(Cl)c1. The van der Waals surface area contributed by atoms with Crippen molar-refractivity contribution in [2.45, 2.75) is 32.8 Å². The lowest BCUT2D eigenvalue weighted by Crippen LogP contribution is -2.38. The molecule has 2 N–H and O–H groups in total. The third kappa shape index (κ3) is 3.98. The molecule has 0 heterocycles. The Hall–Kier alpha value is -1.10. The lowest BCUT2D eigenvalue weighted by Gasteiger charge is -2.21. The maximum atomic E-state index is 11.8. The number of carbonyl (C=O) groups is 1. The minimum atomic E-state index is -0.828. The molecule has 0 radical (unpaired) electrons. The first-order chi connectivity index (χ1) is 8.39. The molecule has 0 bridgehead atoms. The molecule has 100 valence electrons. The van der Waals surface area contributed by atoms with Crippen LogP contribution in [-0.2, 0) is 11.3 Å². The highest BCUT2D eigenvalue weighted by molar-refractivity contribution is 6.33. The maximum Gasteiger partial charge on any atom is 0.276 e. The molecule has 0 saturated carbocycles. The van der Waals surface area contributed by atoms with Gasteiger partial charge in [-0.3, -0.25) is 9.63 Å². The van der Waals surface area contributed by atoms with E-state index in [1.165, 1.54) is 0 Å². The number of amides is 1. The molecule has 4 nitrogen and oxygen atoms in total. The van der Waals surface area contributed by atoms with Gasteiger partial charge in [0.2, 0.25) is 0 Å². The van der Waals surface area contributed by atoms with E-state index in [4.69, 9.17) is 21.5 Å². The molecule has 0 fully saturated rings. The van der Waals surface area contributed by atoms with Crippen molar-refractivity contribution in [1.82, 2.24) is 5.48 Å². The predicted octanol–water partition coefficient (Wildman–Crippen LogP) is 2.33. The molecule has 0 aliphatic heterocycles. The van der Waals surface area contributed by atoms with Crippen LogP contribution in [0.5, 0.6) is 0 Å². The molecule has 1 amide bonds. The van der Waals surface area contributed by atoms with Crippen LogP contribution in [0.15, 0.2) is 18.2 Å². The summed E-state index contributed by atoms with van der Waals surface area (Å²) in [5.74, 6) is -0.427. The molecule has 0 atom stereocenters. The van der Waals surface area contributed by atoms with Crippen LogP contribution >= 0.6 is 11.6 Å². The van der Waals surface area contributed by atoms with Gasteiger partial charge in [-0.05, 0) is 38.0 Å². The van der Waals surface area contributed by atoms with Gasteiger partial charge in [0.15, 0.2) is 0 Å². The zero-order valence-corrected chi connectivity index (χ0v) is 11.5. The Bertz CT molecular complexity index is 432. The number of halogens is 1. The minimum Gasteiger partial charge on any atom is -0.393 e. The van der Waals surface area contributed by atoms with Crippen molar-refractivity contribution in [3.05, 3.63) is 34.3 Å². The van der Waals surface area contributed by atoms with E-state index in [1.54, 1.807) is 26.0 Å². The third-order valence-electron chi connectivity index (χ3n) is 2.49. The Balaban J connectivity index is 2.73. The van der Waals surface area contributed by atoms with Gasteiger partial charge < -0.3 is 5.11 Å². The van der Waals surface area contributed by atoms with Crippen molar-refractivity contribution in [3.8, 4) is 0 Å². The van der Waals surface area contributed by atoms with E-state index in [0.29, 0.717) is 10.6 Å². The molecule has 0 aliphatic carbocycles. The monoisotopic (exact) mass is 271 g/mol. The summed E-state index contributed by atoms with van der Waals surface area (Å²) < 4.78 is 0. The number of rotatable bonds is 5. The molecule has 0 saturated heterocycles. The van der Waals surface area contributed by atoms with Gasteiger partial charge in [-0.25, -0.2) is 5.48 Å². The van der Waals surface area contributed by atoms with Crippen LogP contribution in [-0.4, -0.2) is 23.2 Å². The quantitative estimate of drug-likeness (QED) is 0.808. The molecule has 0 spiro atoms. The molecule has 18 heavy (non-hydrogen) atoms. The highest BCUT2D eigenvalue weighted by Crippen LogP contribution is 2.18. The van der Waals surface area contributed by atoms with Gasteiger partial charge in [-0.2, -0.15) is 0 Å². The zero-order chi connectivity index (χ0) is 13.8. The number of aliphatic hydroxyl groups is 1. The van der Waals surface area contributed by atoms with Crippen LogP contribution < -0.4 is 5.48 Å². The Morgan fingerprint density at radius 1 is 1.50 bits per heavy atom. The maximum absolute atomic E-state index is 11.8. The van der Waals surface area contributed by atoms with Crippen LogP contribution in [0.1, 0.15) is 36.7 Å². The first kappa shape index (κ1) is 15.0. The van der Waals surface area contributed by atoms with E-state index in [0.717, 1.165) is 12.0 Å². The van der Waals surface area contributed by atoms with Gasteiger partial charge in [-0.15, -0.1) is 0 Å². The number of hydrogen-bond donors (Lipinski definition) is 2. The van der Waals surface area contributed by atoms with E-state index >= 15 is 0 Å². The summed E-state index contributed by atoms with van der Waals surface area (Å²) in [6, 6.07) is 5.26. The molecule has 1 aromatic carbocycles. The van der Waals surface area contributed by atoms with Crippen LogP contribution in [0.4, 0.5) is 0 Å². The minimum absolute atomic E-state index is 0.199. The van der Waals surface area contributed by atoms with Gasteiger partial charge in [0.25, 0.3) is 5.91 Å². The molecule has 1 aromatic rings. The summed E-state index contributed by atoms with van der Waals surface area (Å²) in [5.41, 5.74) is 2.87. The van der Waals surface area contributed by atoms with Crippen LogP contribution in [0.25, 0.3) is 0 Å². The normalized spacial score (nSPS) is 11.4. The number of nitrogens with one attached hydrogen (secondary N) is 1. The topological polar surface area (TPSA) is 58.6 Å². The zero-order valence-electron chi connectivity index (χ0n) is 10.8. The third-order valence-corrected chi connectivity index (χ3v) is 2.80. The van der Waals surface area contributed by atoms with E-state index < -0.39 is 11.5 Å². The molecule has 0 aromatic heterocycles. The van der Waals surface area contributed by atoms with Crippen molar-refractivity contribution >= 4 is 17.5 Å². The smallest absolute Gasteiger partial charge is 0.276 e. The fourth-order valence-corrected chi connectivity index (χ4v) is 1.52. The first-order valence-corrected chi connectivity index (χ1v) is 6.15. The number of hydrogen-bond acceptors (Lipinski definition) is 3. The molecule has 1 rings (SSSR count). The van der Waals surface area contributed by atoms with E-state index in [2.05, 4.69) is 5.48 Å². The fourth-order valence-electron chi connectivity index (χ4n) is 1.23. The fraction of sp³-hybridized carbons (Fsp3) is 0.462. The van der Waals surface area contributed by atoms with Crippen molar-refractivity contribution in [1.29, 1.82) is 0 Å². The molecular weight excluding hydrogens is 254 g/mol. The molecule has 0 unspecified atom stereocenters. The second-order valence-corrected chi connectivity index (χ2v) is 5.03. The van der Waals surface area contributed by atoms with Gasteiger partial charge in [0.05, 0.1) is 17.2 Å². The van der Waals surface area contributed by atoms with Gasteiger partial charge >= 0.3 is 0 Å². The van der Waals surface area contributed by atoms with Crippen LogP contribution in [0, 0.1) is 0 Å². The summed E-state index contributed by atoms with van der Waals surface area (Å²) in [6.07, 6.45) is 0.857.